The standard InChI is InChI=1S/C20H21ClN4O2S2/c1-13-16(21)8-5-9-17(13)22-19-23-24-20(29-19)28-12-18(26)25(2)11-14-6-4-7-15(10-14)27-3/h4-10H,11-12H2,1-3H3,(H,22,23). The van der Waals surface area contributed by atoms with Gasteiger partial charge in [0, 0.05) is 24.3 Å². The molecule has 3 aromatic rings. The minimum Gasteiger partial charge on any atom is -0.497 e. The van der Waals surface area contributed by atoms with Gasteiger partial charge in [0.1, 0.15) is 5.75 Å². The predicted molar refractivity (Wildman–Crippen MR) is 120 cm³/mol. The van der Waals surface area contributed by atoms with Gasteiger partial charge in [0.15, 0.2) is 4.34 Å². The Morgan fingerprint density at radius 1 is 1.28 bits per heavy atom. The van der Waals surface area contributed by atoms with Crippen molar-refractivity contribution in [3.05, 3.63) is 58.6 Å². The van der Waals surface area contributed by atoms with Crippen molar-refractivity contribution in [3.8, 4) is 5.75 Å². The average Bonchev–Trinajstić information content (AvgIpc) is 3.17. The molecule has 0 aliphatic carbocycles. The molecular formula is C20H21ClN4O2S2. The molecule has 0 fully saturated rings. The largest absolute Gasteiger partial charge is 0.497 e. The van der Waals surface area contributed by atoms with Crippen LogP contribution in [-0.2, 0) is 11.3 Å². The van der Waals surface area contributed by atoms with E-state index >= 15 is 0 Å². The summed E-state index contributed by atoms with van der Waals surface area (Å²) in [6, 6.07) is 13.4. The Balaban J connectivity index is 1.53. The molecule has 1 aromatic heterocycles. The van der Waals surface area contributed by atoms with E-state index in [1.807, 2.05) is 49.4 Å². The van der Waals surface area contributed by atoms with Gasteiger partial charge in [0.05, 0.1) is 12.9 Å². The SMILES string of the molecule is COc1cccc(CN(C)C(=O)CSc2nnc(Nc3cccc(Cl)c3C)s2)c1. The number of ether oxygens (including phenoxy) is 1. The lowest BCUT2D eigenvalue weighted by atomic mass is 10.2. The molecule has 0 radical (unpaired) electrons. The second-order valence-corrected chi connectivity index (χ2v) is 8.91. The quantitative estimate of drug-likeness (QED) is 0.489. The fraction of sp³-hybridized carbons (Fsp3) is 0.250. The highest BCUT2D eigenvalue weighted by molar-refractivity contribution is 8.01. The molecule has 0 saturated carbocycles. The smallest absolute Gasteiger partial charge is 0.233 e. The third kappa shape index (κ3) is 5.85. The van der Waals surface area contributed by atoms with E-state index in [4.69, 9.17) is 16.3 Å². The minimum absolute atomic E-state index is 0.0215. The number of thioether (sulfide) groups is 1. The number of nitrogens with one attached hydrogen (secondary N) is 1. The number of hydrogen-bond donors (Lipinski definition) is 1. The number of rotatable bonds is 8. The molecule has 0 bridgehead atoms. The van der Waals surface area contributed by atoms with Crippen LogP contribution in [0, 0.1) is 6.92 Å². The first-order valence-electron chi connectivity index (χ1n) is 8.81. The summed E-state index contributed by atoms with van der Waals surface area (Å²) < 4.78 is 5.96. The van der Waals surface area contributed by atoms with Crippen molar-refractivity contribution in [2.45, 2.75) is 17.8 Å². The summed E-state index contributed by atoms with van der Waals surface area (Å²) in [4.78, 5) is 14.1. The summed E-state index contributed by atoms with van der Waals surface area (Å²) >= 11 is 8.93. The lowest BCUT2D eigenvalue weighted by Gasteiger charge is -2.17. The summed E-state index contributed by atoms with van der Waals surface area (Å²) in [5, 5.41) is 12.9. The van der Waals surface area contributed by atoms with Gasteiger partial charge in [0.2, 0.25) is 11.0 Å². The predicted octanol–water partition coefficient (Wildman–Crippen LogP) is 5.00. The van der Waals surface area contributed by atoms with Crippen molar-refractivity contribution < 1.29 is 9.53 Å². The molecular weight excluding hydrogens is 428 g/mol. The van der Waals surface area contributed by atoms with Crippen LogP contribution in [0.2, 0.25) is 5.02 Å². The van der Waals surface area contributed by atoms with E-state index in [1.165, 1.54) is 23.1 Å². The van der Waals surface area contributed by atoms with Crippen LogP contribution >= 0.6 is 34.7 Å². The van der Waals surface area contributed by atoms with E-state index in [-0.39, 0.29) is 5.91 Å². The number of anilines is 2. The fourth-order valence-corrected chi connectivity index (χ4v) is 4.42. The van der Waals surface area contributed by atoms with Crippen LogP contribution in [0.25, 0.3) is 0 Å². The Bertz CT molecular complexity index is 996. The topological polar surface area (TPSA) is 67.3 Å². The lowest BCUT2D eigenvalue weighted by molar-refractivity contribution is -0.127. The Kier molecular flexibility index (Phi) is 7.35. The second kappa shape index (κ2) is 9.96. The molecule has 6 nitrogen and oxygen atoms in total. The maximum atomic E-state index is 12.5. The summed E-state index contributed by atoms with van der Waals surface area (Å²) in [5.74, 6) is 1.10. The normalized spacial score (nSPS) is 10.6. The molecule has 0 atom stereocenters. The number of nitrogens with zero attached hydrogens (tertiary/aromatic N) is 3. The van der Waals surface area contributed by atoms with Gasteiger partial charge in [-0.15, -0.1) is 10.2 Å². The highest BCUT2D eigenvalue weighted by atomic mass is 35.5. The molecule has 29 heavy (non-hydrogen) atoms. The van der Waals surface area contributed by atoms with E-state index in [2.05, 4.69) is 15.5 Å². The zero-order valence-electron chi connectivity index (χ0n) is 16.3. The molecule has 0 unspecified atom stereocenters. The zero-order valence-corrected chi connectivity index (χ0v) is 18.7. The van der Waals surface area contributed by atoms with Gasteiger partial charge >= 0.3 is 0 Å². The maximum Gasteiger partial charge on any atom is 0.233 e. The van der Waals surface area contributed by atoms with E-state index in [0.717, 1.165) is 26.9 Å². The van der Waals surface area contributed by atoms with Crippen molar-refractivity contribution in [1.29, 1.82) is 0 Å². The van der Waals surface area contributed by atoms with Crippen LogP contribution in [-0.4, -0.2) is 40.9 Å². The Labute approximate surface area is 183 Å². The van der Waals surface area contributed by atoms with Crippen LogP contribution in [0.15, 0.2) is 46.8 Å². The maximum absolute atomic E-state index is 12.5. The van der Waals surface area contributed by atoms with Crippen LogP contribution in [0.4, 0.5) is 10.8 Å². The van der Waals surface area contributed by atoms with Gasteiger partial charge in [-0.05, 0) is 42.3 Å². The van der Waals surface area contributed by atoms with E-state index < -0.39 is 0 Å². The highest BCUT2D eigenvalue weighted by Gasteiger charge is 2.13. The molecule has 1 heterocycles. The van der Waals surface area contributed by atoms with Gasteiger partial charge in [-0.25, -0.2) is 0 Å². The third-order valence-corrected chi connectivity index (χ3v) is 6.58. The number of halogens is 1. The first-order chi connectivity index (χ1) is 14.0. The number of aromatic nitrogens is 2. The number of hydrogen-bond acceptors (Lipinski definition) is 7. The molecule has 1 amide bonds. The number of methoxy groups -OCH3 is 1. The van der Waals surface area contributed by atoms with Gasteiger partial charge in [-0.2, -0.15) is 0 Å². The number of carbonyl (C=O) groups is 1. The van der Waals surface area contributed by atoms with Crippen LogP contribution in [0.5, 0.6) is 5.75 Å². The van der Waals surface area contributed by atoms with Gasteiger partial charge in [-0.1, -0.05) is 52.9 Å². The monoisotopic (exact) mass is 448 g/mol. The number of amides is 1. The van der Waals surface area contributed by atoms with E-state index in [1.54, 1.807) is 19.1 Å². The van der Waals surface area contributed by atoms with Crippen molar-refractivity contribution in [2.24, 2.45) is 0 Å². The average molecular weight is 449 g/mol. The first-order valence-corrected chi connectivity index (χ1v) is 11.0. The Morgan fingerprint density at radius 2 is 2.07 bits per heavy atom. The molecule has 0 saturated heterocycles. The lowest BCUT2D eigenvalue weighted by Crippen LogP contribution is -2.27. The highest BCUT2D eigenvalue weighted by Crippen LogP contribution is 2.30. The molecule has 9 heteroatoms. The van der Waals surface area contributed by atoms with Crippen molar-refractivity contribution in [2.75, 3.05) is 25.2 Å². The van der Waals surface area contributed by atoms with Gasteiger partial charge < -0.3 is 15.0 Å². The molecule has 0 spiro atoms. The first kappa shape index (κ1) is 21.4. The summed E-state index contributed by atoms with van der Waals surface area (Å²) in [5.41, 5.74) is 2.86. The van der Waals surface area contributed by atoms with Crippen molar-refractivity contribution in [1.82, 2.24) is 15.1 Å². The molecule has 0 aliphatic heterocycles. The summed E-state index contributed by atoms with van der Waals surface area (Å²) in [6.07, 6.45) is 0. The molecule has 3 rings (SSSR count). The molecule has 0 aliphatic rings. The molecule has 152 valence electrons. The number of carbonyl (C=O) groups excluding carboxylic acids is 1. The molecule has 1 N–H and O–H groups in total. The van der Waals surface area contributed by atoms with Crippen molar-refractivity contribution in [3.63, 3.8) is 0 Å². The van der Waals surface area contributed by atoms with E-state index in [0.29, 0.717) is 22.5 Å². The Hall–Kier alpha value is -2.29. The molecule has 2 aromatic carbocycles. The van der Waals surface area contributed by atoms with Crippen molar-refractivity contribution >= 4 is 51.4 Å². The van der Waals surface area contributed by atoms with Crippen LogP contribution in [0.1, 0.15) is 11.1 Å². The second-order valence-electron chi connectivity index (χ2n) is 6.30. The number of benzene rings is 2. The van der Waals surface area contributed by atoms with Crippen LogP contribution < -0.4 is 10.1 Å². The van der Waals surface area contributed by atoms with Gasteiger partial charge in [-0.3, -0.25) is 4.79 Å². The summed E-state index contributed by atoms with van der Waals surface area (Å²) in [7, 11) is 3.42. The Morgan fingerprint density at radius 3 is 2.86 bits per heavy atom. The van der Waals surface area contributed by atoms with E-state index in [9.17, 15) is 4.79 Å². The zero-order chi connectivity index (χ0) is 20.8. The fourth-order valence-electron chi connectivity index (χ4n) is 2.54. The summed E-state index contributed by atoms with van der Waals surface area (Å²) in [6.45, 7) is 2.46. The van der Waals surface area contributed by atoms with Crippen LogP contribution in [0.3, 0.4) is 0 Å². The third-order valence-electron chi connectivity index (χ3n) is 4.21. The minimum atomic E-state index is 0.0215. The van der Waals surface area contributed by atoms with Gasteiger partial charge in [0.25, 0.3) is 0 Å².